The molecular weight excluding hydrogens is 741 g/mol. The molecule has 4 aromatic heterocycles. The van der Waals surface area contributed by atoms with E-state index in [0.717, 1.165) is 79.1 Å². The van der Waals surface area contributed by atoms with Crippen LogP contribution in [0, 0.1) is 20.8 Å². The molecule has 3 aliphatic heterocycles. The summed E-state index contributed by atoms with van der Waals surface area (Å²) in [5.41, 5.74) is 5.18. The molecule has 3 fully saturated rings. The number of benzene rings is 1. The van der Waals surface area contributed by atoms with Crippen molar-refractivity contribution in [1.82, 2.24) is 44.7 Å². The van der Waals surface area contributed by atoms with Crippen molar-refractivity contribution < 1.29 is 18.9 Å². The number of likely N-dealkylation sites (tertiary alicyclic amines) is 2. The Morgan fingerprint density at radius 3 is 2.58 bits per heavy atom. The SMILES string of the molecule is Cc1cc(-c2ncn(C3CCCCO3)n2)cc(NC(=O)C2CC([n+]3c(C)cc(-c4ncn[nH]4)cc3Cl)C(=O)N2C2CCN(Cc3ccc(Cl)c(C)c3)CC2)n1. The molecule has 0 radical (unpaired) electrons. The summed E-state index contributed by atoms with van der Waals surface area (Å²) in [6.07, 6.45) is 7.67. The number of halogens is 2. The number of H-pyrrole nitrogens is 1. The van der Waals surface area contributed by atoms with Gasteiger partial charge in [-0.25, -0.2) is 19.6 Å². The van der Waals surface area contributed by atoms with Crippen molar-refractivity contribution in [1.29, 1.82) is 0 Å². The van der Waals surface area contributed by atoms with E-state index in [1.807, 2.05) is 43.5 Å². The lowest BCUT2D eigenvalue weighted by molar-refractivity contribution is -0.711. The van der Waals surface area contributed by atoms with Crippen LogP contribution in [0.3, 0.4) is 0 Å². The van der Waals surface area contributed by atoms with E-state index in [1.165, 1.54) is 11.9 Å². The number of rotatable bonds is 9. The Labute approximate surface area is 329 Å². The summed E-state index contributed by atoms with van der Waals surface area (Å²) in [4.78, 5) is 46.7. The number of ether oxygens (including phenoxy) is 1. The minimum Gasteiger partial charge on any atom is -0.356 e. The molecule has 1 aromatic carbocycles. The molecule has 3 saturated heterocycles. The molecule has 5 aromatic rings. The third-order valence-corrected chi connectivity index (χ3v) is 11.6. The minimum absolute atomic E-state index is 0.132. The number of hydrogen-bond acceptors (Lipinski definition) is 9. The molecule has 0 spiro atoms. The van der Waals surface area contributed by atoms with Crippen LogP contribution in [0.1, 0.15) is 73.3 Å². The highest BCUT2D eigenvalue weighted by molar-refractivity contribution is 6.31. The molecule has 3 atom stereocenters. The molecule has 14 nitrogen and oxygen atoms in total. The van der Waals surface area contributed by atoms with E-state index < -0.39 is 12.1 Å². The van der Waals surface area contributed by atoms with Crippen LogP contribution in [0.25, 0.3) is 22.8 Å². The second-order valence-corrected chi connectivity index (χ2v) is 15.6. The van der Waals surface area contributed by atoms with Gasteiger partial charge in [0.15, 0.2) is 23.6 Å². The van der Waals surface area contributed by atoms with Gasteiger partial charge in [-0.3, -0.25) is 19.6 Å². The quantitative estimate of drug-likeness (QED) is 0.140. The van der Waals surface area contributed by atoms with Crippen LogP contribution in [0.2, 0.25) is 10.2 Å². The summed E-state index contributed by atoms with van der Waals surface area (Å²) >= 11 is 13.2. The van der Waals surface area contributed by atoms with E-state index in [4.69, 9.17) is 33.0 Å². The monoisotopic (exact) mass is 784 g/mol. The number of aromatic amines is 1. The Hall–Kier alpha value is -4.76. The first kappa shape index (κ1) is 37.2. The van der Waals surface area contributed by atoms with E-state index in [-0.39, 0.29) is 30.5 Å². The predicted molar refractivity (Wildman–Crippen MR) is 206 cm³/mol. The first-order chi connectivity index (χ1) is 26.6. The molecule has 286 valence electrons. The number of aryl methyl sites for hydroxylation is 3. The maximum atomic E-state index is 14.6. The van der Waals surface area contributed by atoms with Gasteiger partial charge in [0.2, 0.25) is 11.9 Å². The number of nitrogens with one attached hydrogen (secondary N) is 2. The lowest BCUT2D eigenvalue weighted by Crippen LogP contribution is -2.53. The summed E-state index contributed by atoms with van der Waals surface area (Å²) in [6, 6.07) is 11.9. The molecule has 55 heavy (non-hydrogen) atoms. The fourth-order valence-corrected chi connectivity index (χ4v) is 8.67. The standard InChI is InChI=1S/C39H43Cl2N11O3/c1-23-14-26(7-8-30(23)40)20-49-11-9-29(10-12-49)52-31(19-32(39(52)54)51-25(3)16-28(17-33(51)41)36-42-21-44-47-36)38(53)46-34-18-27(15-24(2)45-34)37-43-22-50(48-37)35-6-4-5-13-55-35/h7-8,14-18,21-22,29,31-32,35H,4-6,9-13,19-20H2,1-3H3,(H,45,46,53)/p+1. The first-order valence-corrected chi connectivity index (χ1v) is 19.6. The highest BCUT2D eigenvalue weighted by atomic mass is 35.5. The zero-order valence-electron chi connectivity index (χ0n) is 31.1. The van der Waals surface area contributed by atoms with Gasteiger partial charge >= 0.3 is 0 Å². The minimum atomic E-state index is -0.753. The Bertz CT molecular complexity index is 2170. The second-order valence-electron chi connectivity index (χ2n) is 14.8. The number of amides is 2. The van der Waals surface area contributed by atoms with Crippen molar-refractivity contribution >= 4 is 40.8 Å². The van der Waals surface area contributed by atoms with Crippen LogP contribution >= 0.6 is 23.2 Å². The molecule has 0 bridgehead atoms. The summed E-state index contributed by atoms with van der Waals surface area (Å²) in [5, 5.41) is 15.7. The summed E-state index contributed by atoms with van der Waals surface area (Å²) in [7, 11) is 0. The highest BCUT2D eigenvalue weighted by Crippen LogP contribution is 2.34. The van der Waals surface area contributed by atoms with Crippen LogP contribution in [0.5, 0.6) is 0 Å². The number of carbonyl (C=O) groups is 2. The molecule has 8 rings (SSSR count). The molecule has 0 saturated carbocycles. The number of anilines is 1. The molecule has 7 heterocycles. The van der Waals surface area contributed by atoms with Crippen LogP contribution in [-0.4, -0.2) is 88.3 Å². The lowest BCUT2D eigenvalue weighted by atomic mass is 10.0. The Morgan fingerprint density at radius 1 is 1.02 bits per heavy atom. The maximum Gasteiger partial charge on any atom is 0.292 e. The average Bonchev–Trinajstić information content (AvgIpc) is 3.95. The number of aromatic nitrogens is 8. The summed E-state index contributed by atoms with van der Waals surface area (Å²) in [6.45, 7) is 8.83. The van der Waals surface area contributed by atoms with Gasteiger partial charge < -0.3 is 15.0 Å². The van der Waals surface area contributed by atoms with Crippen molar-refractivity contribution in [2.75, 3.05) is 25.0 Å². The number of piperidine rings is 1. The smallest absolute Gasteiger partial charge is 0.292 e. The Kier molecular flexibility index (Phi) is 10.7. The Morgan fingerprint density at radius 2 is 1.85 bits per heavy atom. The van der Waals surface area contributed by atoms with Crippen LogP contribution in [0.15, 0.2) is 55.1 Å². The average molecular weight is 786 g/mol. The maximum absolute atomic E-state index is 14.6. The van der Waals surface area contributed by atoms with Crippen LogP contribution in [0.4, 0.5) is 5.82 Å². The van der Waals surface area contributed by atoms with Crippen molar-refractivity contribution in [3.63, 3.8) is 0 Å². The molecule has 3 unspecified atom stereocenters. The lowest BCUT2D eigenvalue weighted by Gasteiger charge is -2.38. The summed E-state index contributed by atoms with van der Waals surface area (Å²) in [5.74, 6) is 1.02. The van der Waals surface area contributed by atoms with E-state index in [9.17, 15) is 9.59 Å². The highest BCUT2D eigenvalue weighted by Gasteiger charge is 2.52. The summed E-state index contributed by atoms with van der Waals surface area (Å²) < 4.78 is 9.47. The number of carbonyl (C=O) groups excluding carboxylic acids is 2. The number of hydrogen-bond donors (Lipinski definition) is 2. The predicted octanol–water partition coefficient (Wildman–Crippen LogP) is 5.79. The first-order valence-electron chi connectivity index (χ1n) is 18.8. The Balaban J connectivity index is 1.05. The van der Waals surface area contributed by atoms with E-state index in [0.29, 0.717) is 34.9 Å². The fourth-order valence-electron chi connectivity index (χ4n) is 8.18. The van der Waals surface area contributed by atoms with Crippen molar-refractivity contribution in [2.24, 2.45) is 0 Å². The second kappa shape index (κ2) is 15.8. The van der Waals surface area contributed by atoms with Gasteiger partial charge in [0, 0.05) is 79.6 Å². The molecular formula is C39H44Cl2N11O3+. The third kappa shape index (κ3) is 7.86. The van der Waals surface area contributed by atoms with Gasteiger partial charge in [-0.1, -0.05) is 23.7 Å². The van der Waals surface area contributed by atoms with Gasteiger partial charge in [0.1, 0.15) is 24.5 Å². The normalized spacial score (nSPS) is 21.0. The van der Waals surface area contributed by atoms with Gasteiger partial charge in [-0.2, -0.15) is 9.67 Å². The molecule has 2 amide bonds. The van der Waals surface area contributed by atoms with Gasteiger partial charge in [0.25, 0.3) is 11.1 Å². The zero-order valence-corrected chi connectivity index (χ0v) is 32.6. The van der Waals surface area contributed by atoms with E-state index >= 15 is 0 Å². The van der Waals surface area contributed by atoms with Gasteiger partial charge in [-0.05, 0) is 86.9 Å². The van der Waals surface area contributed by atoms with Crippen LogP contribution in [-0.2, 0) is 20.9 Å². The van der Waals surface area contributed by atoms with Crippen molar-refractivity contribution in [3.8, 4) is 22.8 Å². The molecule has 16 heteroatoms. The van der Waals surface area contributed by atoms with E-state index in [1.54, 1.807) is 28.0 Å². The van der Waals surface area contributed by atoms with Crippen molar-refractivity contribution in [2.45, 2.75) is 90.2 Å². The molecule has 3 aliphatic rings. The molecule has 2 N–H and O–H groups in total. The molecule has 0 aliphatic carbocycles. The third-order valence-electron chi connectivity index (χ3n) is 10.9. The number of nitrogens with zero attached hydrogens (tertiary/aromatic N) is 9. The fraction of sp³-hybridized carbons (Fsp3) is 0.436. The topological polar surface area (TPSA) is 151 Å². The number of pyridine rings is 2. The van der Waals surface area contributed by atoms with Gasteiger partial charge in [0.05, 0.1) is 0 Å². The van der Waals surface area contributed by atoms with Crippen molar-refractivity contribution in [3.05, 3.63) is 87.8 Å². The van der Waals surface area contributed by atoms with Crippen LogP contribution < -0.4 is 9.88 Å². The van der Waals surface area contributed by atoms with Gasteiger partial charge in [-0.15, -0.1) is 5.10 Å². The largest absolute Gasteiger partial charge is 0.356 e. The van der Waals surface area contributed by atoms with E-state index in [2.05, 4.69) is 47.5 Å². The zero-order chi connectivity index (χ0) is 38.2.